The summed E-state index contributed by atoms with van der Waals surface area (Å²) < 4.78 is 0.770. The average Bonchev–Trinajstić information content (AvgIpc) is 3.25. The van der Waals surface area contributed by atoms with Crippen LogP contribution in [0.5, 0.6) is 0 Å². The van der Waals surface area contributed by atoms with Crippen molar-refractivity contribution in [1.82, 2.24) is 0 Å². The van der Waals surface area contributed by atoms with Gasteiger partial charge in [-0.15, -0.1) is 0 Å². The molecule has 2 aliphatic heterocycles. The van der Waals surface area contributed by atoms with E-state index in [1.807, 2.05) is 36.4 Å². The van der Waals surface area contributed by atoms with Gasteiger partial charge in [0.1, 0.15) is 5.92 Å². The third-order valence-electron chi connectivity index (χ3n) is 5.47. The molecule has 2 amide bonds. The van der Waals surface area contributed by atoms with Crippen molar-refractivity contribution >= 4 is 62.3 Å². The van der Waals surface area contributed by atoms with Crippen molar-refractivity contribution in [3.63, 3.8) is 0 Å². The van der Waals surface area contributed by atoms with Crippen molar-refractivity contribution in [2.75, 3.05) is 9.96 Å². The van der Waals surface area contributed by atoms with Crippen LogP contribution in [0.25, 0.3) is 0 Å². The Kier molecular flexibility index (Phi) is 5.26. The zero-order chi connectivity index (χ0) is 21.7. The summed E-state index contributed by atoms with van der Waals surface area (Å²) in [7, 11) is 0. The van der Waals surface area contributed by atoms with Gasteiger partial charge in [-0.2, -0.15) is 0 Å². The highest BCUT2D eigenvalue weighted by Crippen LogP contribution is 2.49. The number of hydroxylamine groups is 1. The van der Waals surface area contributed by atoms with Crippen molar-refractivity contribution < 1.29 is 14.4 Å². The lowest BCUT2D eigenvalue weighted by Gasteiger charge is -2.29. The average molecular weight is 518 g/mol. The van der Waals surface area contributed by atoms with E-state index in [0.29, 0.717) is 21.3 Å². The number of hydrogen-bond donors (Lipinski definition) is 0. The van der Waals surface area contributed by atoms with E-state index in [1.165, 1.54) is 4.90 Å². The van der Waals surface area contributed by atoms with Crippen molar-refractivity contribution in [2.24, 2.45) is 5.92 Å². The molecule has 156 valence electrons. The predicted molar refractivity (Wildman–Crippen MR) is 123 cm³/mol. The van der Waals surface area contributed by atoms with Gasteiger partial charge in [0.05, 0.1) is 17.4 Å². The molecule has 0 aromatic heterocycles. The first-order valence-electron chi connectivity index (χ1n) is 9.55. The van der Waals surface area contributed by atoms with Gasteiger partial charge in [0.15, 0.2) is 6.10 Å². The molecule has 0 spiro atoms. The molecule has 0 saturated carbocycles. The molecule has 2 saturated heterocycles. The van der Waals surface area contributed by atoms with Crippen LogP contribution in [0.3, 0.4) is 0 Å². The molecule has 8 heteroatoms. The lowest BCUT2D eigenvalue weighted by Crippen LogP contribution is -2.37. The van der Waals surface area contributed by atoms with Crippen LogP contribution in [0.15, 0.2) is 77.3 Å². The number of halogens is 3. The molecule has 0 N–H and O–H groups in total. The molecule has 5 rings (SSSR count). The SMILES string of the molecule is O=C1C2ON(c3ccccc3)C(c3ccc(Cl)cc3Cl)C2C(=O)N1c1cccc(Br)c1. The van der Waals surface area contributed by atoms with E-state index in [9.17, 15) is 9.59 Å². The smallest absolute Gasteiger partial charge is 0.266 e. The van der Waals surface area contributed by atoms with E-state index >= 15 is 0 Å². The van der Waals surface area contributed by atoms with Gasteiger partial charge in [-0.3, -0.25) is 14.4 Å². The maximum absolute atomic E-state index is 13.6. The van der Waals surface area contributed by atoms with E-state index in [-0.39, 0.29) is 5.91 Å². The van der Waals surface area contributed by atoms with Gasteiger partial charge >= 0.3 is 0 Å². The van der Waals surface area contributed by atoms with Crippen molar-refractivity contribution in [3.8, 4) is 0 Å². The summed E-state index contributed by atoms with van der Waals surface area (Å²) in [5.41, 5.74) is 1.89. The van der Waals surface area contributed by atoms with Gasteiger partial charge in [0.2, 0.25) is 5.91 Å². The number of anilines is 2. The minimum absolute atomic E-state index is 0.331. The van der Waals surface area contributed by atoms with Crippen LogP contribution >= 0.6 is 39.1 Å². The van der Waals surface area contributed by atoms with E-state index in [4.69, 9.17) is 28.0 Å². The number of rotatable bonds is 3. The number of benzene rings is 3. The van der Waals surface area contributed by atoms with Gasteiger partial charge in [-0.1, -0.05) is 69.5 Å². The minimum Gasteiger partial charge on any atom is -0.273 e. The Morgan fingerprint density at radius 1 is 0.839 bits per heavy atom. The molecule has 0 aliphatic carbocycles. The van der Waals surface area contributed by atoms with E-state index in [2.05, 4.69) is 15.9 Å². The fourth-order valence-electron chi connectivity index (χ4n) is 4.14. The standard InChI is InChI=1S/C23H15BrCl2N2O3/c24-13-5-4-8-16(11-13)27-22(29)19-20(17-10-9-14(25)12-18(17)26)28(31-21(19)23(27)30)15-6-2-1-3-7-15/h1-12,19-21H. The molecule has 0 bridgehead atoms. The third-order valence-corrected chi connectivity index (χ3v) is 6.53. The molecule has 31 heavy (non-hydrogen) atoms. The Balaban J connectivity index is 1.62. The molecular weight excluding hydrogens is 503 g/mol. The highest BCUT2D eigenvalue weighted by molar-refractivity contribution is 9.10. The Bertz CT molecular complexity index is 1190. The number of nitrogens with zero attached hydrogens (tertiary/aromatic N) is 2. The van der Waals surface area contributed by atoms with Crippen LogP contribution in [0.4, 0.5) is 11.4 Å². The fourth-order valence-corrected chi connectivity index (χ4v) is 5.05. The van der Waals surface area contributed by atoms with Crippen molar-refractivity contribution in [3.05, 3.63) is 92.9 Å². The van der Waals surface area contributed by atoms with Crippen LogP contribution < -0.4 is 9.96 Å². The Labute approximate surface area is 197 Å². The van der Waals surface area contributed by atoms with Gasteiger partial charge < -0.3 is 0 Å². The van der Waals surface area contributed by atoms with E-state index in [0.717, 1.165) is 10.2 Å². The minimum atomic E-state index is -0.955. The van der Waals surface area contributed by atoms with E-state index in [1.54, 1.807) is 41.5 Å². The molecule has 3 aromatic rings. The lowest BCUT2D eigenvalue weighted by atomic mass is 9.90. The number of carbonyl (C=O) groups is 2. The highest BCUT2D eigenvalue weighted by atomic mass is 79.9. The summed E-state index contributed by atoms with van der Waals surface area (Å²) in [6.45, 7) is 0. The number of fused-ring (bicyclic) bond motifs is 1. The molecule has 3 unspecified atom stereocenters. The molecule has 2 heterocycles. The van der Waals surface area contributed by atoms with Crippen LogP contribution in [0.1, 0.15) is 11.6 Å². The van der Waals surface area contributed by atoms with Crippen molar-refractivity contribution in [2.45, 2.75) is 12.1 Å². The first-order chi connectivity index (χ1) is 15.0. The summed E-state index contributed by atoms with van der Waals surface area (Å²) in [5, 5.41) is 2.50. The molecule has 5 nitrogen and oxygen atoms in total. The molecule has 2 aliphatic rings. The van der Waals surface area contributed by atoms with Crippen molar-refractivity contribution in [1.29, 1.82) is 0 Å². The quantitative estimate of drug-likeness (QED) is 0.411. The van der Waals surface area contributed by atoms with E-state index < -0.39 is 24.0 Å². The number of carbonyl (C=O) groups excluding carboxylic acids is 2. The molecule has 3 aromatic carbocycles. The first-order valence-corrected chi connectivity index (χ1v) is 11.1. The molecule has 3 atom stereocenters. The van der Waals surface area contributed by atoms with Crippen LogP contribution in [0.2, 0.25) is 10.0 Å². The Morgan fingerprint density at radius 2 is 1.58 bits per heavy atom. The second-order valence-electron chi connectivity index (χ2n) is 7.32. The number of amides is 2. The Hall–Kier alpha value is -2.38. The van der Waals surface area contributed by atoms with Crippen LogP contribution in [-0.2, 0) is 14.4 Å². The summed E-state index contributed by atoms with van der Waals surface area (Å²) >= 11 is 16.0. The normalized spacial score (nSPS) is 22.9. The highest BCUT2D eigenvalue weighted by Gasteiger charge is 2.60. The summed E-state index contributed by atoms with van der Waals surface area (Å²) in [5.74, 6) is -1.49. The maximum Gasteiger partial charge on any atom is 0.266 e. The molecular formula is C23H15BrCl2N2O3. The van der Waals surface area contributed by atoms with Crippen LogP contribution in [0, 0.1) is 5.92 Å². The largest absolute Gasteiger partial charge is 0.273 e. The maximum atomic E-state index is 13.6. The van der Waals surface area contributed by atoms with Gasteiger partial charge in [0.25, 0.3) is 5.91 Å². The molecule has 2 fully saturated rings. The third kappa shape index (κ3) is 3.44. The second-order valence-corrected chi connectivity index (χ2v) is 9.07. The topological polar surface area (TPSA) is 49.9 Å². The number of para-hydroxylation sites is 1. The summed E-state index contributed by atoms with van der Waals surface area (Å²) in [6.07, 6.45) is -0.955. The number of hydrogen-bond acceptors (Lipinski definition) is 4. The predicted octanol–water partition coefficient (Wildman–Crippen LogP) is 5.81. The monoisotopic (exact) mass is 516 g/mol. The fraction of sp³-hybridized carbons (Fsp3) is 0.130. The second kappa shape index (κ2) is 7.95. The lowest BCUT2D eigenvalue weighted by molar-refractivity contribution is -0.126. The summed E-state index contributed by atoms with van der Waals surface area (Å²) in [4.78, 5) is 34.1. The van der Waals surface area contributed by atoms with Crippen LogP contribution in [-0.4, -0.2) is 17.9 Å². The summed E-state index contributed by atoms with van der Waals surface area (Å²) in [6, 6.07) is 20.9. The Morgan fingerprint density at radius 3 is 2.29 bits per heavy atom. The zero-order valence-corrected chi connectivity index (χ0v) is 19.0. The number of imide groups is 1. The van der Waals surface area contributed by atoms with Gasteiger partial charge in [-0.25, -0.2) is 9.96 Å². The van der Waals surface area contributed by atoms with Gasteiger partial charge in [-0.05, 0) is 48.0 Å². The van der Waals surface area contributed by atoms with Gasteiger partial charge in [0, 0.05) is 14.5 Å². The first kappa shape index (κ1) is 20.5. The zero-order valence-electron chi connectivity index (χ0n) is 15.9. The molecule has 0 radical (unpaired) electrons.